The van der Waals surface area contributed by atoms with Gasteiger partial charge in [0.1, 0.15) is 0 Å². The van der Waals surface area contributed by atoms with Gasteiger partial charge in [0.25, 0.3) is 0 Å². The van der Waals surface area contributed by atoms with E-state index in [1.807, 2.05) is 37.1 Å². The molecular formula is C14H19N5. The predicted molar refractivity (Wildman–Crippen MR) is 74.8 cm³/mol. The number of nitrogens with zero attached hydrogens (tertiary/aromatic N) is 4. The van der Waals surface area contributed by atoms with Crippen LogP contribution in [0.2, 0.25) is 0 Å². The number of aromatic nitrogens is 3. The molecular weight excluding hydrogens is 238 g/mol. The van der Waals surface area contributed by atoms with E-state index in [4.69, 9.17) is 0 Å². The number of hydrogen-bond donors (Lipinski definition) is 1. The number of hydrogen-bond acceptors (Lipinski definition) is 4. The Morgan fingerprint density at radius 3 is 2.63 bits per heavy atom. The third kappa shape index (κ3) is 3.00. The van der Waals surface area contributed by atoms with Gasteiger partial charge in [0.05, 0.1) is 18.2 Å². The maximum Gasteiger partial charge on any atom is 0.0951 e. The number of pyridine rings is 1. The average Bonchev–Trinajstić information content (AvgIpc) is 2.95. The molecule has 1 aliphatic heterocycles. The van der Waals surface area contributed by atoms with E-state index >= 15 is 0 Å². The van der Waals surface area contributed by atoms with E-state index < -0.39 is 0 Å². The van der Waals surface area contributed by atoms with Crippen LogP contribution in [-0.4, -0.2) is 52.2 Å². The molecule has 1 N–H and O–H groups in total. The van der Waals surface area contributed by atoms with Crippen molar-refractivity contribution < 1.29 is 0 Å². The highest BCUT2D eigenvalue weighted by molar-refractivity contribution is 5.57. The van der Waals surface area contributed by atoms with Gasteiger partial charge >= 0.3 is 0 Å². The Bertz CT molecular complexity index is 502. The van der Waals surface area contributed by atoms with Crippen molar-refractivity contribution in [1.29, 1.82) is 0 Å². The summed E-state index contributed by atoms with van der Waals surface area (Å²) in [5, 5.41) is 3.38. The van der Waals surface area contributed by atoms with Crippen LogP contribution in [0.25, 0.3) is 11.3 Å². The second-order valence-electron chi connectivity index (χ2n) is 4.80. The molecule has 0 amide bonds. The molecule has 19 heavy (non-hydrogen) atoms. The van der Waals surface area contributed by atoms with Crippen LogP contribution in [0.15, 0.2) is 37.1 Å². The van der Waals surface area contributed by atoms with Crippen molar-refractivity contribution in [3.8, 4) is 11.3 Å². The molecule has 0 spiro atoms. The third-order valence-electron chi connectivity index (χ3n) is 3.56. The summed E-state index contributed by atoms with van der Waals surface area (Å²) >= 11 is 0. The summed E-state index contributed by atoms with van der Waals surface area (Å²) in [7, 11) is 0. The van der Waals surface area contributed by atoms with E-state index in [-0.39, 0.29) is 0 Å². The highest BCUT2D eigenvalue weighted by Crippen LogP contribution is 2.17. The minimum Gasteiger partial charge on any atom is -0.329 e. The molecule has 0 atom stereocenters. The second-order valence-corrected chi connectivity index (χ2v) is 4.80. The van der Waals surface area contributed by atoms with Gasteiger partial charge in [0, 0.05) is 57.2 Å². The van der Waals surface area contributed by atoms with Crippen molar-refractivity contribution in [2.24, 2.45) is 0 Å². The lowest BCUT2D eigenvalue weighted by molar-refractivity contribution is 0.233. The molecule has 3 heterocycles. The lowest BCUT2D eigenvalue weighted by Crippen LogP contribution is -2.44. The molecule has 5 heteroatoms. The van der Waals surface area contributed by atoms with Crippen molar-refractivity contribution in [2.45, 2.75) is 6.54 Å². The zero-order chi connectivity index (χ0) is 12.9. The van der Waals surface area contributed by atoms with Gasteiger partial charge < -0.3 is 9.88 Å². The van der Waals surface area contributed by atoms with Crippen LogP contribution in [0.5, 0.6) is 0 Å². The first-order valence-electron chi connectivity index (χ1n) is 6.77. The molecule has 0 aliphatic carbocycles. The maximum atomic E-state index is 4.27. The quantitative estimate of drug-likeness (QED) is 0.882. The molecule has 100 valence electrons. The predicted octanol–water partition coefficient (Wildman–Crippen LogP) is 0.850. The van der Waals surface area contributed by atoms with Crippen LogP contribution in [0.3, 0.4) is 0 Å². The van der Waals surface area contributed by atoms with Gasteiger partial charge in [-0.15, -0.1) is 0 Å². The summed E-state index contributed by atoms with van der Waals surface area (Å²) in [6.07, 6.45) is 7.48. The van der Waals surface area contributed by atoms with Crippen molar-refractivity contribution >= 4 is 0 Å². The molecule has 0 saturated carbocycles. The van der Waals surface area contributed by atoms with E-state index in [1.54, 1.807) is 0 Å². The van der Waals surface area contributed by atoms with Gasteiger partial charge in [0.2, 0.25) is 0 Å². The molecule has 1 aliphatic rings. The van der Waals surface area contributed by atoms with Crippen LogP contribution >= 0.6 is 0 Å². The molecule has 2 aromatic heterocycles. The van der Waals surface area contributed by atoms with Crippen molar-refractivity contribution in [1.82, 2.24) is 24.8 Å². The average molecular weight is 257 g/mol. The summed E-state index contributed by atoms with van der Waals surface area (Å²) in [5.41, 5.74) is 2.34. The molecule has 0 bridgehead atoms. The Balaban J connectivity index is 1.67. The number of rotatable bonds is 4. The SMILES string of the molecule is c1cc(-c2cncn2CCN2CCNCC2)ccn1. The van der Waals surface area contributed by atoms with Crippen LogP contribution in [0.4, 0.5) is 0 Å². The third-order valence-corrected chi connectivity index (χ3v) is 3.56. The van der Waals surface area contributed by atoms with Crippen LogP contribution in [0, 0.1) is 0 Å². The minimum atomic E-state index is 0.984. The molecule has 1 fully saturated rings. The van der Waals surface area contributed by atoms with Gasteiger partial charge in [-0.25, -0.2) is 4.98 Å². The molecule has 5 nitrogen and oxygen atoms in total. The molecule has 3 rings (SSSR count). The summed E-state index contributed by atoms with van der Waals surface area (Å²) in [6.45, 7) is 6.54. The Kier molecular flexibility index (Phi) is 3.86. The fourth-order valence-electron chi connectivity index (χ4n) is 2.45. The maximum absolute atomic E-state index is 4.27. The van der Waals surface area contributed by atoms with E-state index in [0.717, 1.165) is 45.0 Å². The van der Waals surface area contributed by atoms with E-state index in [9.17, 15) is 0 Å². The van der Waals surface area contributed by atoms with Gasteiger partial charge in [0.15, 0.2) is 0 Å². The monoisotopic (exact) mass is 257 g/mol. The van der Waals surface area contributed by atoms with Gasteiger partial charge in [-0.05, 0) is 12.1 Å². The standard InChI is InChI=1S/C14H19N5/c1-3-15-4-2-13(1)14-11-17-12-19(14)10-9-18-7-5-16-6-8-18/h1-4,11-12,16H,5-10H2. The van der Waals surface area contributed by atoms with E-state index in [2.05, 4.69) is 24.8 Å². The normalized spacial score (nSPS) is 16.6. The van der Waals surface area contributed by atoms with Crippen molar-refractivity contribution in [3.63, 3.8) is 0 Å². The summed E-state index contributed by atoms with van der Waals surface area (Å²) in [4.78, 5) is 10.8. The fraction of sp³-hybridized carbons (Fsp3) is 0.429. The lowest BCUT2D eigenvalue weighted by Gasteiger charge is -2.27. The smallest absolute Gasteiger partial charge is 0.0951 e. The fourth-order valence-corrected chi connectivity index (χ4v) is 2.45. The Labute approximate surface area is 113 Å². The first-order valence-corrected chi connectivity index (χ1v) is 6.77. The molecule has 2 aromatic rings. The number of imidazole rings is 1. The Hall–Kier alpha value is -1.72. The molecule has 0 radical (unpaired) electrons. The Morgan fingerprint density at radius 1 is 1.05 bits per heavy atom. The van der Waals surface area contributed by atoms with Gasteiger partial charge in [-0.1, -0.05) is 0 Å². The van der Waals surface area contributed by atoms with Gasteiger partial charge in [-0.2, -0.15) is 0 Å². The molecule has 1 saturated heterocycles. The van der Waals surface area contributed by atoms with Crippen LogP contribution in [0.1, 0.15) is 0 Å². The molecule has 0 unspecified atom stereocenters. The van der Waals surface area contributed by atoms with Gasteiger partial charge in [-0.3, -0.25) is 9.88 Å². The first kappa shape index (κ1) is 12.3. The van der Waals surface area contributed by atoms with Crippen molar-refractivity contribution in [3.05, 3.63) is 37.1 Å². The zero-order valence-corrected chi connectivity index (χ0v) is 11.0. The number of nitrogens with one attached hydrogen (secondary N) is 1. The molecule has 0 aromatic carbocycles. The summed E-state index contributed by atoms with van der Waals surface area (Å²) in [5.74, 6) is 0. The summed E-state index contributed by atoms with van der Waals surface area (Å²) in [6, 6.07) is 4.05. The minimum absolute atomic E-state index is 0.984. The number of piperazine rings is 1. The highest BCUT2D eigenvalue weighted by atomic mass is 15.2. The zero-order valence-electron chi connectivity index (χ0n) is 11.0. The largest absolute Gasteiger partial charge is 0.329 e. The van der Waals surface area contributed by atoms with Crippen LogP contribution in [-0.2, 0) is 6.54 Å². The van der Waals surface area contributed by atoms with E-state index in [0.29, 0.717) is 0 Å². The van der Waals surface area contributed by atoms with Crippen LogP contribution < -0.4 is 5.32 Å². The van der Waals surface area contributed by atoms with E-state index in [1.165, 1.54) is 5.56 Å². The topological polar surface area (TPSA) is 46.0 Å². The lowest BCUT2D eigenvalue weighted by atomic mass is 10.2. The second kappa shape index (κ2) is 5.95. The Morgan fingerprint density at radius 2 is 1.84 bits per heavy atom. The first-order chi connectivity index (χ1) is 9.43. The van der Waals surface area contributed by atoms with Crippen molar-refractivity contribution in [2.75, 3.05) is 32.7 Å². The summed E-state index contributed by atoms with van der Waals surface area (Å²) < 4.78 is 2.22. The highest BCUT2D eigenvalue weighted by Gasteiger charge is 2.10.